The van der Waals surface area contributed by atoms with E-state index in [0.717, 1.165) is 11.8 Å². The van der Waals surface area contributed by atoms with Crippen molar-refractivity contribution >= 4 is 38.9 Å². The van der Waals surface area contributed by atoms with Crippen LogP contribution < -0.4 is 15.2 Å². The quantitative estimate of drug-likeness (QED) is 0.521. The second kappa shape index (κ2) is 9.84. The number of carbonyl (C=O) groups excluding carboxylic acids is 1. The second-order valence-corrected chi connectivity index (χ2v) is 10.2. The standard InChI is InChI=1S/C23H27ClN4O4S/c1-16-12-13-18(24)15-20(16)27(33(4,31)32)14-8-11-21(29)25-22-17(2)26(3)28(23(22)30)19-9-6-5-7-10-19/h5-7,9-10,12-13,15H,8,11,14H2,1-4H3,(H,25,29). The Morgan fingerprint density at radius 1 is 1.12 bits per heavy atom. The molecule has 0 unspecified atom stereocenters. The first-order chi connectivity index (χ1) is 15.5. The van der Waals surface area contributed by atoms with Crippen LogP contribution in [-0.4, -0.2) is 36.5 Å². The van der Waals surface area contributed by atoms with Crippen molar-refractivity contribution in [3.05, 3.63) is 75.2 Å². The molecule has 2 aromatic carbocycles. The van der Waals surface area contributed by atoms with Crippen molar-refractivity contribution in [2.24, 2.45) is 7.05 Å². The Balaban J connectivity index is 1.73. The topological polar surface area (TPSA) is 93.4 Å². The van der Waals surface area contributed by atoms with Gasteiger partial charge in [-0.1, -0.05) is 35.9 Å². The molecular formula is C23H27ClN4O4S. The number of halogens is 1. The van der Waals surface area contributed by atoms with Crippen LogP contribution >= 0.6 is 11.6 Å². The lowest BCUT2D eigenvalue weighted by molar-refractivity contribution is -0.116. The summed E-state index contributed by atoms with van der Waals surface area (Å²) in [5.74, 6) is -0.364. The first-order valence-electron chi connectivity index (χ1n) is 10.4. The van der Waals surface area contributed by atoms with Crippen molar-refractivity contribution in [3.8, 4) is 5.69 Å². The van der Waals surface area contributed by atoms with Gasteiger partial charge in [0, 0.05) is 25.0 Å². The van der Waals surface area contributed by atoms with Gasteiger partial charge in [-0.3, -0.25) is 18.6 Å². The molecule has 1 amide bonds. The van der Waals surface area contributed by atoms with Crippen molar-refractivity contribution in [1.29, 1.82) is 0 Å². The number of amides is 1. The van der Waals surface area contributed by atoms with E-state index in [1.165, 1.54) is 8.99 Å². The predicted octanol–water partition coefficient (Wildman–Crippen LogP) is 3.63. The summed E-state index contributed by atoms with van der Waals surface area (Å²) in [4.78, 5) is 25.5. The summed E-state index contributed by atoms with van der Waals surface area (Å²) >= 11 is 6.06. The third-order valence-corrected chi connectivity index (χ3v) is 6.84. The zero-order valence-corrected chi connectivity index (χ0v) is 20.6. The van der Waals surface area contributed by atoms with Crippen LogP contribution in [0.3, 0.4) is 0 Å². The van der Waals surface area contributed by atoms with E-state index < -0.39 is 10.0 Å². The molecule has 0 saturated carbocycles. The molecule has 1 heterocycles. The van der Waals surface area contributed by atoms with Gasteiger partial charge in [-0.15, -0.1) is 0 Å². The molecule has 33 heavy (non-hydrogen) atoms. The summed E-state index contributed by atoms with van der Waals surface area (Å²) in [6.07, 6.45) is 1.43. The third-order valence-electron chi connectivity index (χ3n) is 5.42. The van der Waals surface area contributed by atoms with Crippen LogP contribution in [0.1, 0.15) is 24.1 Å². The summed E-state index contributed by atoms with van der Waals surface area (Å²) < 4.78 is 29.1. The van der Waals surface area contributed by atoms with Gasteiger partial charge in [-0.25, -0.2) is 13.1 Å². The lowest BCUT2D eigenvalue weighted by atomic mass is 10.2. The Morgan fingerprint density at radius 2 is 1.79 bits per heavy atom. The van der Waals surface area contributed by atoms with Crippen LogP contribution in [0.25, 0.3) is 5.69 Å². The Morgan fingerprint density at radius 3 is 2.42 bits per heavy atom. The fraction of sp³-hybridized carbons (Fsp3) is 0.304. The molecule has 0 aliphatic heterocycles. The molecule has 0 atom stereocenters. The highest BCUT2D eigenvalue weighted by Gasteiger charge is 2.21. The average Bonchev–Trinajstić information content (AvgIpc) is 2.96. The molecule has 0 aliphatic carbocycles. The molecule has 0 spiro atoms. The van der Waals surface area contributed by atoms with Crippen LogP contribution in [0.15, 0.2) is 53.3 Å². The number of hydrogen-bond donors (Lipinski definition) is 1. The number of nitrogens with one attached hydrogen (secondary N) is 1. The second-order valence-electron chi connectivity index (χ2n) is 7.85. The molecule has 8 nitrogen and oxygen atoms in total. The molecule has 0 saturated heterocycles. The smallest absolute Gasteiger partial charge is 0.295 e. The Labute approximate surface area is 198 Å². The Hall–Kier alpha value is -3.04. The summed E-state index contributed by atoms with van der Waals surface area (Å²) in [5.41, 5.74) is 2.42. The van der Waals surface area contributed by atoms with E-state index in [1.54, 1.807) is 43.8 Å². The first-order valence-corrected chi connectivity index (χ1v) is 12.6. The minimum atomic E-state index is -3.57. The molecule has 0 bridgehead atoms. The lowest BCUT2D eigenvalue weighted by Crippen LogP contribution is -2.32. The van der Waals surface area contributed by atoms with Crippen LogP contribution in [-0.2, 0) is 21.9 Å². The molecule has 3 aromatic rings. The third kappa shape index (κ3) is 5.48. The predicted molar refractivity (Wildman–Crippen MR) is 132 cm³/mol. The molecule has 0 fully saturated rings. The minimum Gasteiger partial charge on any atom is -0.320 e. The zero-order chi connectivity index (χ0) is 24.3. The molecule has 1 N–H and O–H groups in total. The average molecular weight is 491 g/mol. The first kappa shape index (κ1) is 24.6. The number of para-hydroxylation sites is 1. The van der Waals surface area contributed by atoms with Gasteiger partial charge < -0.3 is 5.32 Å². The van der Waals surface area contributed by atoms with Gasteiger partial charge in [-0.05, 0) is 50.1 Å². The number of carbonyl (C=O) groups is 1. The maximum absolute atomic E-state index is 12.9. The van der Waals surface area contributed by atoms with Crippen LogP contribution in [0.2, 0.25) is 5.02 Å². The van der Waals surface area contributed by atoms with E-state index in [4.69, 9.17) is 11.6 Å². The normalized spacial score (nSPS) is 11.4. The lowest BCUT2D eigenvalue weighted by Gasteiger charge is -2.24. The SMILES string of the molecule is Cc1ccc(Cl)cc1N(CCCC(=O)Nc1c(C)n(C)n(-c2ccccc2)c1=O)S(C)(=O)=O. The summed E-state index contributed by atoms with van der Waals surface area (Å²) in [6, 6.07) is 14.2. The van der Waals surface area contributed by atoms with Gasteiger partial charge in [0.25, 0.3) is 5.56 Å². The summed E-state index contributed by atoms with van der Waals surface area (Å²) in [5, 5.41) is 3.13. The number of nitrogens with zero attached hydrogens (tertiary/aromatic N) is 3. The molecule has 176 valence electrons. The van der Waals surface area contributed by atoms with Gasteiger partial charge in [-0.2, -0.15) is 0 Å². The molecule has 3 rings (SSSR count). The fourth-order valence-corrected chi connectivity index (χ4v) is 4.79. The highest BCUT2D eigenvalue weighted by molar-refractivity contribution is 7.92. The van der Waals surface area contributed by atoms with Gasteiger partial charge in [0.05, 0.1) is 23.3 Å². The molecule has 10 heteroatoms. The highest BCUT2D eigenvalue weighted by Crippen LogP contribution is 2.26. The summed E-state index contributed by atoms with van der Waals surface area (Å²) in [6.45, 7) is 3.66. The Bertz CT molecular complexity index is 1330. The van der Waals surface area contributed by atoms with Crippen molar-refractivity contribution in [3.63, 3.8) is 0 Å². The maximum atomic E-state index is 12.9. The van der Waals surface area contributed by atoms with Crippen LogP contribution in [0.5, 0.6) is 0 Å². The van der Waals surface area contributed by atoms with Gasteiger partial charge in [0.1, 0.15) is 5.69 Å². The van der Waals surface area contributed by atoms with Crippen LogP contribution in [0.4, 0.5) is 11.4 Å². The van der Waals surface area contributed by atoms with E-state index in [9.17, 15) is 18.0 Å². The molecule has 0 radical (unpaired) electrons. The zero-order valence-electron chi connectivity index (χ0n) is 19.0. The van der Waals surface area contributed by atoms with E-state index in [2.05, 4.69) is 5.32 Å². The van der Waals surface area contributed by atoms with Crippen molar-refractivity contribution < 1.29 is 13.2 Å². The maximum Gasteiger partial charge on any atom is 0.295 e. The number of anilines is 2. The van der Waals surface area contributed by atoms with Gasteiger partial charge in [0.2, 0.25) is 15.9 Å². The van der Waals surface area contributed by atoms with Crippen molar-refractivity contribution in [1.82, 2.24) is 9.36 Å². The highest BCUT2D eigenvalue weighted by atomic mass is 35.5. The van der Waals surface area contributed by atoms with Gasteiger partial charge >= 0.3 is 0 Å². The fourth-order valence-electron chi connectivity index (χ4n) is 3.61. The molecule has 1 aromatic heterocycles. The van der Waals surface area contributed by atoms with E-state index in [-0.39, 0.29) is 36.5 Å². The Kier molecular flexibility index (Phi) is 7.34. The van der Waals surface area contributed by atoms with E-state index >= 15 is 0 Å². The monoisotopic (exact) mass is 490 g/mol. The number of aryl methyl sites for hydroxylation is 1. The van der Waals surface area contributed by atoms with Gasteiger partial charge in [0.15, 0.2) is 0 Å². The molecular weight excluding hydrogens is 464 g/mol. The number of rotatable bonds is 8. The van der Waals surface area contributed by atoms with Crippen molar-refractivity contribution in [2.45, 2.75) is 26.7 Å². The van der Waals surface area contributed by atoms with E-state index in [1.807, 2.05) is 30.3 Å². The molecule has 0 aliphatic rings. The van der Waals surface area contributed by atoms with Crippen molar-refractivity contribution in [2.75, 3.05) is 22.4 Å². The van der Waals surface area contributed by atoms with E-state index in [0.29, 0.717) is 22.1 Å². The largest absolute Gasteiger partial charge is 0.320 e. The number of benzene rings is 2. The number of hydrogen-bond acceptors (Lipinski definition) is 4. The number of sulfonamides is 1. The number of aromatic nitrogens is 2. The van der Waals surface area contributed by atoms with Crippen LogP contribution in [0, 0.1) is 13.8 Å². The summed E-state index contributed by atoms with van der Waals surface area (Å²) in [7, 11) is -1.83. The minimum absolute atomic E-state index is 0.0464.